The van der Waals surface area contributed by atoms with E-state index in [0.717, 1.165) is 0 Å². The maximum absolute atomic E-state index is 11.9. The summed E-state index contributed by atoms with van der Waals surface area (Å²) in [5.41, 5.74) is 0.389. The van der Waals surface area contributed by atoms with E-state index in [1.54, 1.807) is 5.38 Å². The Labute approximate surface area is 114 Å². The smallest absolute Gasteiger partial charge is 0.356 e. The number of hydrogen-bond acceptors (Lipinski definition) is 6. The molecule has 6 nitrogen and oxygen atoms in total. The van der Waals surface area contributed by atoms with E-state index in [2.05, 4.69) is 14.4 Å². The molecule has 19 heavy (non-hydrogen) atoms. The number of hydrogen-bond donors (Lipinski definition) is 1. The number of aromatic nitrogens is 1. The molecule has 0 aromatic carbocycles. The predicted octanol–water partition coefficient (Wildman–Crippen LogP) is 1.73. The van der Waals surface area contributed by atoms with Crippen molar-refractivity contribution in [3.05, 3.63) is 40.8 Å². The quantitative estimate of drug-likeness (QED) is 0.869. The van der Waals surface area contributed by atoms with Crippen LogP contribution in [0, 0.1) is 0 Å². The third-order valence-corrected chi connectivity index (χ3v) is 4.43. The van der Waals surface area contributed by atoms with E-state index in [9.17, 15) is 13.2 Å². The molecule has 1 N–H and O–H groups in total. The summed E-state index contributed by atoms with van der Waals surface area (Å²) in [6, 6.07) is 4.34. The van der Waals surface area contributed by atoms with Crippen LogP contribution >= 0.6 is 11.3 Å². The van der Waals surface area contributed by atoms with Crippen LogP contribution < -0.4 is 4.72 Å². The Morgan fingerprint density at radius 3 is 2.68 bits per heavy atom. The van der Waals surface area contributed by atoms with Crippen LogP contribution in [0.4, 0.5) is 5.69 Å². The van der Waals surface area contributed by atoms with E-state index in [4.69, 9.17) is 0 Å². The first kappa shape index (κ1) is 13.5. The van der Waals surface area contributed by atoms with E-state index in [-0.39, 0.29) is 16.3 Å². The number of sulfonamides is 1. The van der Waals surface area contributed by atoms with Gasteiger partial charge in [0.25, 0.3) is 10.0 Å². The Hall–Kier alpha value is -1.93. The standard InChI is InChI=1S/C11H10N2O4S2/c1-17-11(14)10-3-2-8(6-12-10)13-19(15,16)9-4-5-18-7-9/h2-7,13H,1H3. The molecule has 2 aromatic heterocycles. The van der Waals surface area contributed by atoms with Gasteiger partial charge in [-0.05, 0) is 23.6 Å². The Kier molecular flexibility index (Phi) is 3.82. The van der Waals surface area contributed by atoms with Gasteiger partial charge in [-0.15, -0.1) is 0 Å². The number of methoxy groups -OCH3 is 1. The van der Waals surface area contributed by atoms with Crippen LogP contribution in [-0.2, 0) is 14.8 Å². The zero-order valence-corrected chi connectivity index (χ0v) is 11.5. The van der Waals surface area contributed by atoms with Gasteiger partial charge in [-0.1, -0.05) is 0 Å². The summed E-state index contributed by atoms with van der Waals surface area (Å²) in [6.45, 7) is 0. The van der Waals surface area contributed by atoms with Crippen molar-refractivity contribution >= 4 is 33.0 Å². The number of thiophene rings is 1. The highest BCUT2D eigenvalue weighted by atomic mass is 32.2. The fourth-order valence-corrected chi connectivity index (χ4v) is 3.37. The number of carbonyl (C=O) groups excluding carboxylic acids is 1. The first-order valence-electron chi connectivity index (χ1n) is 5.12. The molecule has 0 aliphatic rings. The molecular weight excluding hydrogens is 288 g/mol. The lowest BCUT2D eigenvalue weighted by Gasteiger charge is -2.06. The van der Waals surface area contributed by atoms with E-state index in [1.165, 1.54) is 48.2 Å². The van der Waals surface area contributed by atoms with Gasteiger partial charge in [-0.2, -0.15) is 11.3 Å². The molecule has 0 unspecified atom stereocenters. The third kappa shape index (κ3) is 3.09. The number of anilines is 1. The van der Waals surface area contributed by atoms with Gasteiger partial charge in [0.2, 0.25) is 0 Å². The number of carbonyl (C=O) groups is 1. The number of ether oxygens (including phenoxy) is 1. The molecule has 2 rings (SSSR count). The molecule has 0 saturated heterocycles. The van der Waals surface area contributed by atoms with Gasteiger partial charge in [-0.25, -0.2) is 18.2 Å². The SMILES string of the molecule is COC(=O)c1ccc(NS(=O)(=O)c2ccsc2)cn1. The second-order valence-corrected chi connectivity index (χ2v) is 5.95. The molecule has 0 aliphatic heterocycles. The second kappa shape index (κ2) is 5.37. The van der Waals surface area contributed by atoms with Crippen molar-refractivity contribution in [2.75, 3.05) is 11.8 Å². The number of nitrogens with one attached hydrogen (secondary N) is 1. The molecule has 0 spiro atoms. The molecular formula is C11H10N2O4S2. The molecule has 8 heteroatoms. The van der Waals surface area contributed by atoms with Crippen molar-refractivity contribution in [2.24, 2.45) is 0 Å². The van der Waals surface area contributed by atoms with Crippen LogP contribution in [0.3, 0.4) is 0 Å². The zero-order chi connectivity index (χ0) is 13.9. The monoisotopic (exact) mass is 298 g/mol. The average Bonchev–Trinajstić information content (AvgIpc) is 2.93. The number of pyridine rings is 1. The lowest BCUT2D eigenvalue weighted by atomic mass is 10.3. The summed E-state index contributed by atoms with van der Waals surface area (Å²) in [6.07, 6.45) is 1.26. The summed E-state index contributed by atoms with van der Waals surface area (Å²) in [7, 11) is -2.36. The highest BCUT2D eigenvalue weighted by Gasteiger charge is 2.15. The van der Waals surface area contributed by atoms with Gasteiger partial charge < -0.3 is 4.74 Å². The molecule has 2 heterocycles. The number of nitrogens with zero attached hydrogens (tertiary/aromatic N) is 1. The first-order chi connectivity index (χ1) is 9.03. The Morgan fingerprint density at radius 2 is 2.16 bits per heavy atom. The van der Waals surface area contributed by atoms with Crippen molar-refractivity contribution in [3.63, 3.8) is 0 Å². The highest BCUT2D eigenvalue weighted by molar-refractivity contribution is 7.92. The molecule has 100 valence electrons. The largest absolute Gasteiger partial charge is 0.464 e. The Morgan fingerprint density at radius 1 is 1.37 bits per heavy atom. The van der Waals surface area contributed by atoms with Crippen LogP contribution in [0.5, 0.6) is 0 Å². The Bertz CT molecular complexity index is 663. The third-order valence-electron chi connectivity index (χ3n) is 2.22. The molecule has 0 atom stereocenters. The fourth-order valence-electron chi connectivity index (χ4n) is 1.30. The van der Waals surface area contributed by atoms with Crippen molar-refractivity contribution < 1.29 is 17.9 Å². The zero-order valence-electron chi connectivity index (χ0n) is 9.86. The molecule has 0 saturated carbocycles. The minimum Gasteiger partial charge on any atom is -0.464 e. The van der Waals surface area contributed by atoms with Crippen molar-refractivity contribution in [1.82, 2.24) is 4.98 Å². The van der Waals surface area contributed by atoms with Crippen LogP contribution in [0.1, 0.15) is 10.5 Å². The lowest BCUT2D eigenvalue weighted by Crippen LogP contribution is -2.12. The van der Waals surface area contributed by atoms with E-state index in [0.29, 0.717) is 0 Å². The fraction of sp³-hybridized carbons (Fsp3) is 0.0909. The van der Waals surface area contributed by atoms with E-state index in [1.807, 2.05) is 0 Å². The van der Waals surface area contributed by atoms with Gasteiger partial charge in [0.15, 0.2) is 0 Å². The van der Waals surface area contributed by atoms with Crippen LogP contribution in [-0.4, -0.2) is 26.5 Å². The van der Waals surface area contributed by atoms with Gasteiger partial charge in [-0.3, -0.25) is 4.72 Å². The highest BCUT2D eigenvalue weighted by Crippen LogP contribution is 2.17. The normalized spacial score (nSPS) is 11.0. The average molecular weight is 298 g/mol. The predicted molar refractivity (Wildman–Crippen MR) is 70.7 cm³/mol. The molecule has 0 bridgehead atoms. The first-order valence-corrected chi connectivity index (χ1v) is 7.55. The summed E-state index contributed by atoms with van der Waals surface area (Å²) >= 11 is 1.29. The summed E-state index contributed by atoms with van der Waals surface area (Å²) in [5.74, 6) is -0.577. The van der Waals surface area contributed by atoms with Crippen molar-refractivity contribution in [2.45, 2.75) is 4.90 Å². The molecule has 0 fully saturated rings. The minimum atomic E-state index is -3.60. The number of rotatable bonds is 4. The summed E-state index contributed by atoms with van der Waals surface area (Å²) in [4.78, 5) is 15.2. The van der Waals surface area contributed by atoms with Crippen molar-refractivity contribution in [1.29, 1.82) is 0 Å². The lowest BCUT2D eigenvalue weighted by molar-refractivity contribution is 0.0594. The minimum absolute atomic E-state index is 0.112. The molecule has 0 radical (unpaired) electrons. The maximum atomic E-state index is 11.9. The maximum Gasteiger partial charge on any atom is 0.356 e. The van der Waals surface area contributed by atoms with Gasteiger partial charge in [0, 0.05) is 5.38 Å². The van der Waals surface area contributed by atoms with Crippen LogP contribution in [0.2, 0.25) is 0 Å². The molecule has 0 amide bonds. The van der Waals surface area contributed by atoms with Gasteiger partial charge in [0.05, 0.1) is 23.9 Å². The Balaban J connectivity index is 2.19. The second-order valence-electron chi connectivity index (χ2n) is 3.49. The van der Waals surface area contributed by atoms with E-state index >= 15 is 0 Å². The van der Waals surface area contributed by atoms with Crippen LogP contribution in [0.25, 0.3) is 0 Å². The number of esters is 1. The van der Waals surface area contributed by atoms with Crippen LogP contribution in [0.15, 0.2) is 40.1 Å². The van der Waals surface area contributed by atoms with Gasteiger partial charge >= 0.3 is 5.97 Å². The summed E-state index contributed by atoms with van der Waals surface area (Å²) in [5, 5.41) is 3.20. The molecule has 0 aliphatic carbocycles. The topological polar surface area (TPSA) is 85.4 Å². The molecule has 2 aromatic rings. The summed E-state index contributed by atoms with van der Waals surface area (Å²) < 4.78 is 30.7. The van der Waals surface area contributed by atoms with Crippen molar-refractivity contribution in [3.8, 4) is 0 Å². The van der Waals surface area contributed by atoms with Gasteiger partial charge in [0.1, 0.15) is 5.69 Å². The van der Waals surface area contributed by atoms with E-state index < -0.39 is 16.0 Å².